The van der Waals surface area contributed by atoms with E-state index in [9.17, 15) is 4.79 Å². The highest BCUT2D eigenvalue weighted by Gasteiger charge is 2.23. The SMILES string of the molecule is O=C(Cc1ccc(Cl)cc1)N1CCCC(COCc2ccccc2)C1. The molecule has 1 fully saturated rings. The molecule has 0 spiro atoms. The number of hydrogen-bond acceptors (Lipinski definition) is 2. The molecule has 4 heteroatoms. The molecule has 25 heavy (non-hydrogen) atoms. The molecule has 1 aliphatic rings. The van der Waals surface area contributed by atoms with Crippen LogP contribution < -0.4 is 0 Å². The lowest BCUT2D eigenvalue weighted by atomic mass is 9.98. The highest BCUT2D eigenvalue weighted by Crippen LogP contribution is 2.19. The highest BCUT2D eigenvalue weighted by molar-refractivity contribution is 6.30. The molecule has 0 saturated carbocycles. The molecule has 1 atom stereocenters. The number of likely N-dealkylation sites (tertiary alicyclic amines) is 1. The van der Waals surface area contributed by atoms with Crippen LogP contribution in [0.2, 0.25) is 5.02 Å². The predicted octanol–water partition coefficient (Wildman–Crippen LogP) is 4.34. The van der Waals surface area contributed by atoms with Crippen molar-refractivity contribution in [3.63, 3.8) is 0 Å². The Morgan fingerprint density at radius 2 is 1.84 bits per heavy atom. The first-order valence-electron chi connectivity index (χ1n) is 8.84. The van der Waals surface area contributed by atoms with E-state index in [1.807, 2.05) is 47.4 Å². The summed E-state index contributed by atoms with van der Waals surface area (Å²) in [7, 11) is 0. The van der Waals surface area contributed by atoms with Gasteiger partial charge in [-0.05, 0) is 42.0 Å². The molecule has 1 amide bonds. The van der Waals surface area contributed by atoms with Gasteiger partial charge in [-0.1, -0.05) is 54.1 Å². The van der Waals surface area contributed by atoms with Crippen LogP contribution in [0.3, 0.4) is 0 Å². The third-order valence-corrected chi connectivity index (χ3v) is 4.86. The Bertz CT molecular complexity index is 672. The van der Waals surface area contributed by atoms with E-state index in [4.69, 9.17) is 16.3 Å². The van der Waals surface area contributed by atoms with Crippen LogP contribution >= 0.6 is 11.6 Å². The van der Waals surface area contributed by atoms with E-state index < -0.39 is 0 Å². The van der Waals surface area contributed by atoms with Crippen LogP contribution in [-0.4, -0.2) is 30.5 Å². The second-order valence-electron chi connectivity index (χ2n) is 6.65. The van der Waals surface area contributed by atoms with Gasteiger partial charge in [-0.15, -0.1) is 0 Å². The van der Waals surface area contributed by atoms with E-state index in [1.54, 1.807) is 0 Å². The van der Waals surface area contributed by atoms with Gasteiger partial charge in [-0.3, -0.25) is 4.79 Å². The van der Waals surface area contributed by atoms with Crippen molar-refractivity contribution in [2.24, 2.45) is 5.92 Å². The number of carbonyl (C=O) groups is 1. The molecule has 0 aliphatic carbocycles. The molecule has 0 radical (unpaired) electrons. The topological polar surface area (TPSA) is 29.5 Å². The molecule has 2 aromatic rings. The van der Waals surface area contributed by atoms with Crippen LogP contribution in [0.1, 0.15) is 24.0 Å². The van der Waals surface area contributed by atoms with Crippen molar-refractivity contribution in [2.45, 2.75) is 25.9 Å². The van der Waals surface area contributed by atoms with Gasteiger partial charge in [0.05, 0.1) is 19.6 Å². The lowest BCUT2D eigenvalue weighted by Crippen LogP contribution is -2.41. The van der Waals surface area contributed by atoms with Gasteiger partial charge in [-0.2, -0.15) is 0 Å². The minimum Gasteiger partial charge on any atom is -0.376 e. The summed E-state index contributed by atoms with van der Waals surface area (Å²) in [6.07, 6.45) is 2.61. The summed E-state index contributed by atoms with van der Waals surface area (Å²) in [5.74, 6) is 0.613. The lowest BCUT2D eigenvalue weighted by molar-refractivity contribution is -0.132. The third kappa shape index (κ3) is 5.58. The molecule has 0 bridgehead atoms. The zero-order valence-electron chi connectivity index (χ0n) is 14.4. The maximum Gasteiger partial charge on any atom is 0.226 e. The van der Waals surface area contributed by atoms with Crippen molar-refractivity contribution in [1.29, 1.82) is 0 Å². The minimum absolute atomic E-state index is 0.190. The number of ether oxygens (including phenoxy) is 1. The van der Waals surface area contributed by atoms with Crippen LogP contribution in [0.4, 0.5) is 0 Å². The average Bonchev–Trinajstić information content (AvgIpc) is 2.65. The van der Waals surface area contributed by atoms with Crippen molar-refractivity contribution >= 4 is 17.5 Å². The molecule has 0 N–H and O–H groups in total. The number of amides is 1. The Morgan fingerprint density at radius 1 is 1.08 bits per heavy atom. The number of carbonyl (C=O) groups excluding carboxylic acids is 1. The van der Waals surface area contributed by atoms with Gasteiger partial charge in [0.1, 0.15) is 0 Å². The summed E-state index contributed by atoms with van der Waals surface area (Å²) in [5, 5.41) is 0.699. The summed E-state index contributed by atoms with van der Waals surface area (Å²) >= 11 is 5.90. The predicted molar refractivity (Wildman–Crippen MR) is 101 cm³/mol. The van der Waals surface area contributed by atoms with E-state index >= 15 is 0 Å². The van der Waals surface area contributed by atoms with Crippen molar-refractivity contribution < 1.29 is 9.53 Å². The van der Waals surface area contributed by atoms with Crippen LogP contribution in [0.25, 0.3) is 0 Å². The van der Waals surface area contributed by atoms with Crippen LogP contribution in [0.15, 0.2) is 54.6 Å². The number of halogens is 1. The number of rotatable bonds is 6. The van der Waals surface area contributed by atoms with Crippen molar-refractivity contribution in [3.8, 4) is 0 Å². The molecule has 132 valence electrons. The first kappa shape index (κ1) is 18.0. The van der Waals surface area contributed by atoms with Gasteiger partial charge in [0.2, 0.25) is 5.91 Å². The number of benzene rings is 2. The molecule has 1 saturated heterocycles. The fourth-order valence-electron chi connectivity index (χ4n) is 3.23. The summed E-state index contributed by atoms with van der Waals surface area (Å²) in [4.78, 5) is 14.5. The lowest BCUT2D eigenvalue weighted by Gasteiger charge is -2.32. The standard InChI is InChI=1S/C21H24ClNO2/c22-20-10-8-17(9-11-20)13-21(24)23-12-4-7-19(14-23)16-25-15-18-5-2-1-3-6-18/h1-3,5-6,8-11,19H,4,7,12-16H2. The largest absolute Gasteiger partial charge is 0.376 e. The molecular weight excluding hydrogens is 334 g/mol. The van der Waals surface area contributed by atoms with Crippen molar-refractivity contribution in [3.05, 3.63) is 70.7 Å². The molecular formula is C21H24ClNO2. The molecule has 3 nitrogen and oxygen atoms in total. The van der Waals surface area contributed by atoms with E-state index in [-0.39, 0.29) is 5.91 Å². The van der Waals surface area contributed by atoms with E-state index in [0.29, 0.717) is 30.6 Å². The monoisotopic (exact) mass is 357 g/mol. The zero-order valence-corrected chi connectivity index (χ0v) is 15.1. The molecule has 2 aromatic carbocycles. The van der Waals surface area contributed by atoms with Gasteiger partial charge in [0.15, 0.2) is 0 Å². The maximum absolute atomic E-state index is 12.5. The summed E-state index contributed by atoms with van der Waals surface area (Å²) < 4.78 is 5.87. The first-order chi connectivity index (χ1) is 12.2. The van der Waals surface area contributed by atoms with Crippen LogP contribution in [-0.2, 0) is 22.6 Å². The molecule has 0 aromatic heterocycles. The average molecular weight is 358 g/mol. The molecule has 3 rings (SSSR count). The number of nitrogens with zero attached hydrogens (tertiary/aromatic N) is 1. The normalized spacial score (nSPS) is 17.5. The Hall–Kier alpha value is -1.84. The Labute approximate surface area is 154 Å². The van der Waals surface area contributed by atoms with Gasteiger partial charge in [0.25, 0.3) is 0 Å². The van der Waals surface area contributed by atoms with Crippen LogP contribution in [0, 0.1) is 5.92 Å². The summed E-state index contributed by atoms with van der Waals surface area (Å²) in [6.45, 7) is 2.98. The van der Waals surface area contributed by atoms with Gasteiger partial charge >= 0.3 is 0 Å². The fourth-order valence-corrected chi connectivity index (χ4v) is 3.36. The Morgan fingerprint density at radius 3 is 2.60 bits per heavy atom. The second kappa shape index (κ2) is 9.02. The van der Waals surface area contributed by atoms with Gasteiger partial charge < -0.3 is 9.64 Å². The molecule has 1 heterocycles. The first-order valence-corrected chi connectivity index (χ1v) is 9.22. The summed E-state index contributed by atoms with van der Waals surface area (Å²) in [5.41, 5.74) is 2.20. The minimum atomic E-state index is 0.190. The van der Waals surface area contributed by atoms with Crippen molar-refractivity contribution in [2.75, 3.05) is 19.7 Å². The summed E-state index contributed by atoms with van der Waals surface area (Å²) in [6, 6.07) is 17.7. The Balaban J connectivity index is 1.45. The van der Waals surface area contributed by atoms with Crippen molar-refractivity contribution in [1.82, 2.24) is 4.90 Å². The van der Waals surface area contributed by atoms with E-state index in [0.717, 1.165) is 31.5 Å². The van der Waals surface area contributed by atoms with Gasteiger partial charge in [0, 0.05) is 18.1 Å². The highest BCUT2D eigenvalue weighted by atomic mass is 35.5. The smallest absolute Gasteiger partial charge is 0.226 e. The molecule has 1 aliphatic heterocycles. The van der Waals surface area contributed by atoms with E-state index in [1.165, 1.54) is 5.56 Å². The fraction of sp³-hybridized carbons (Fsp3) is 0.381. The Kier molecular flexibility index (Phi) is 6.48. The number of piperidine rings is 1. The van der Waals surface area contributed by atoms with E-state index in [2.05, 4.69) is 12.1 Å². The second-order valence-corrected chi connectivity index (χ2v) is 7.09. The quantitative estimate of drug-likeness (QED) is 0.769. The number of hydrogen-bond donors (Lipinski definition) is 0. The maximum atomic E-state index is 12.5. The molecule has 1 unspecified atom stereocenters. The van der Waals surface area contributed by atoms with Crippen LogP contribution in [0.5, 0.6) is 0 Å². The zero-order chi connectivity index (χ0) is 17.5. The third-order valence-electron chi connectivity index (χ3n) is 4.61. The van der Waals surface area contributed by atoms with Gasteiger partial charge in [-0.25, -0.2) is 0 Å².